The van der Waals surface area contributed by atoms with Gasteiger partial charge in [-0.05, 0) is 100 Å². The van der Waals surface area contributed by atoms with Gasteiger partial charge in [-0.3, -0.25) is 0 Å². The lowest BCUT2D eigenvalue weighted by atomic mass is 9.85. The zero-order chi connectivity index (χ0) is 38.8. The fourth-order valence-electron chi connectivity index (χ4n) is 6.86. The highest BCUT2D eigenvalue weighted by molar-refractivity contribution is 6.21. The van der Waals surface area contributed by atoms with E-state index in [1.54, 1.807) is 0 Å². The van der Waals surface area contributed by atoms with E-state index < -0.39 is 24.2 Å². The van der Waals surface area contributed by atoms with E-state index in [9.17, 15) is 5.48 Å². The third-order valence-corrected chi connectivity index (χ3v) is 9.10. The molecule has 0 aliphatic rings. The zero-order valence-corrected chi connectivity index (χ0v) is 25.9. The fourth-order valence-corrected chi connectivity index (χ4v) is 6.86. The Morgan fingerprint density at radius 1 is 0.292 bits per heavy atom. The molecule has 9 aromatic carbocycles. The van der Waals surface area contributed by atoms with Gasteiger partial charge in [-0.1, -0.05) is 182 Å². The lowest BCUT2D eigenvalue weighted by Gasteiger charge is -2.18. The van der Waals surface area contributed by atoms with Crippen LogP contribution in [0, 0.1) is 0 Å². The van der Waals surface area contributed by atoms with E-state index in [0.29, 0.717) is 22.3 Å². The molecule has 48 heavy (non-hydrogen) atoms. The van der Waals surface area contributed by atoms with Crippen LogP contribution in [-0.2, 0) is 0 Å². The molecule has 0 radical (unpaired) electrons. The van der Waals surface area contributed by atoms with Gasteiger partial charge in [0.1, 0.15) is 0 Å². The summed E-state index contributed by atoms with van der Waals surface area (Å²) >= 11 is 0. The van der Waals surface area contributed by atoms with Crippen molar-refractivity contribution in [2.45, 2.75) is 0 Å². The second-order valence-corrected chi connectivity index (χ2v) is 11.9. The number of hydrogen-bond donors (Lipinski definition) is 0. The summed E-state index contributed by atoms with van der Waals surface area (Å²) in [6, 6.07) is 44.9. The highest BCUT2D eigenvalue weighted by atomic mass is 14.2. The Morgan fingerprint density at radius 2 is 0.729 bits per heavy atom. The van der Waals surface area contributed by atoms with Gasteiger partial charge < -0.3 is 0 Å². The predicted molar refractivity (Wildman–Crippen MR) is 206 cm³/mol. The van der Waals surface area contributed by atoms with Crippen LogP contribution in [0.1, 0.15) is 11.0 Å². The highest BCUT2D eigenvalue weighted by Crippen LogP contribution is 2.44. The van der Waals surface area contributed by atoms with Gasteiger partial charge in [-0.25, -0.2) is 0 Å². The van der Waals surface area contributed by atoms with Crippen LogP contribution < -0.4 is 0 Å². The van der Waals surface area contributed by atoms with E-state index in [2.05, 4.69) is 30.3 Å². The molecular formula is C48H32. The number of fused-ring (bicyclic) bond motifs is 3. The van der Waals surface area contributed by atoms with Crippen LogP contribution in [0.4, 0.5) is 0 Å². The molecule has 0 atom stereocenters. The summed E-state index contributed by atoms with van der Waals surface area (Å²) in [7, 11) is 0. The Bertz CT molecular complexity index is 2960. The molecule has 0 saturated heterocycles. The third kappa shape index (κ3) is 4.87. The number of rotatable bonds is 5. The summed E-state index contributed by atoms with van der Waals surface area (Å²) in [5.74, 6) is 0. The van der Waals surface area contributed by atoms with E-state index in [1.807, 2.05) is 115 Å². The van der Waals surface area contributed by atoms with Crippen molar-refractivity contribution in [3.05, 3.63) is 194 Å². The Hall–Kier alpha value is -6.24. The zero-order valence-electron chi connectivity index (χ0n) is 33.9. The maximum Gasteiger partial charge on any atom is 0.0629 e. The monoisotopic (exact) mass is 616 g/mol. The van der Waals surface area contributed by atoms with Gasteiger partial charge in [0.05, 0.1) is 11.0 Å². The van der Waals surface area contributed by atoms with Crippen LogP contribution in [0.25, 0.3) is 88.0 Å². The molecular weight excluding hydrogens is 577 g/mol. The van der Waals surface area contributed by atoms with Gasteiger partial charge in [0.2, 0.25) is 0 Å². The normalized spacial score (nSPS) is 13.7. The molecule has 0 aliphatic carbocycles. The van der Waals surface area contributed by atoms with Crippen molar-refractivity contribution in [1.29, 1.82) is 0 Å². The molecule has 9 rings (SSSR count). The van der Waals surface area contributed by atoms with Gasteiger partial charge in [-0.15, -0.1) is 0 Å². The topological polar surface area (TPSA) is 0 Å². The third-order valence-electron chi connectivity index (χ3n) is 9.10. The SMILES string of the molecule is [2H]c1c([2H])c([2H])c2c(-c3cccc(-c4cccc(-c5ccccc5)c4)c3)c3c([2H])c([2H])c([2H])c([2H])c3c(-c3ccc(-c4cccc5ccccc45)cc3)c2c1[2H]. The lowest BCUT2D eigenvalue weighted by Crippen LogP contribution is -1.91. The van der Waals surface area contributed by atoms with Crippen LogP contribution in [0.15, 0.2) is 194 Å². The van der Waals surface area contributed by atoms with Crippen LogP contribution in [0.3, 0.4) is 0 Å². The molecule has 0 aliphatic heterocycles. The van der Waals surface area contributed by atoms with Crippen molar-refractivity contribution in [2.24, 2.45) is 0 Å². The molecule has 0 heterocycles. The van der Waals surface area contributed by atoms with Gasteiger partial charge in [0.25, 0.3) is 0 Å². The molecule has 0 aromatic heterocycles. The minimum absolute atomic E-state index is 0.192. The second-order valence-electron chi connectivity index (χ2n) is 11.9. The highest BCUT2D eigenvalue weighted by Gasteiger charge is 2.17. The van der Waals surface area contributed by atoms with Crippen LogP contribution >= 0.6 is 0 Å². The molecule has 0 bridgehead atoms. The lowest BCUT2D eigenvalue weighted by molar-refractivity contribution is 1.58. The largest absolute Gasteiger partial charge is 0.0629 e. The Morgan fingerprint density at radius 3 is 1.38 bits per heavy atom. The van der Waals surface area contributed by atoms with Crippen molar-refractivity contribution in [1.82, 2.24) is 0 Å². The van der Waals surface area contributed by atoms with E-state index in [-0.39, 0.29) is 45.7 Å². The van der Waals surface area contributed by atoms with Gasteiger partial charge >= 0.3 is 0 Å². The molecule has 0 amide bonds. The van der Waals surface area contributed by atoms with Gasteiger partial charge in [0, 0.05) is 0 Å². The average Bonchev–Trinajstić information content (AvgIpc) is 3.25. The summed E-state index contributed by atoms with van der Waals surface area (Å²) in [5, 5.41) is 2.95. The fraction of sp³-hybridized carbons (Fsp3) is 0. The molecule has 0 spiro atoms. The van der Waals surface area contributed by atoms with E-state index in [0.717, 1.165) is 44.2 Å². The van der Waals surface area contributed by atoms with Gasteiger partial charge in [0.15, 0.2) is 0 Å². The summed E-state index contributed by atoms with van der Waals surface area (Å²) in [6.45, 7) is 0. The van der Waals surface area contributed by atoms with Crippen LogP contribution in [0.2, 0.25) is 0 Å². The number of benzene rings is 9. The minimum Gasteiger partial charge on any atom is -0.0622 e. The number of hydrogen-bond acceptors (Lipinski definition) is 0. The molecule has 0 saturated carbocycles. The van der Waals surface area contributed by atoms with Crippen molar-refractivity contribution < 1.29 is 11.0 Å². The first-order valence-corrected chi connectivity index (χ1v) is 15.9. The molecule has 224 valence electrons. The van der Waals surface area contributed by atoms with Crippen molar-refractivity contribution in [3.8, 4) is 55.6 Å². The Kier molecular flexibility index (Phi) is 5.13. The molecule has 0 N–H and O–H groups in total. The smallest absolute Gasteiger partial charge is 0.0622 e. The molecule has 9 aromatic rings. The molecule has 0 fully saturated rings. The summed E-state index contributed by atoms with van der Waals surface area (Å²) < 4.78 is 72.6. The van der Waals surface area contributed by atoms with Gasteiger partial charge in [-0.2, -0.15) is 0 Å². The summed E-state index contributed by atoms with van der Waals surface area (Å²) in [4.78, 5) is 0. The van der Waals surface area contributed by atoms with Crippen molar-refractivity contribution in [3.63, 3.8) is 0 Å². The molecule has 0 unspecified atom stereocenters. The summed E-state index contributed by atoms with van der Waals surface area (Å²) in [5.41, 5.74) is 7.61. The Balaban J connectivity index is 1.35. The Labute approximate surface area is 292 Å². The average molecular weight is 617 g/mol. The maximum atomic E-state index is 9.35. The van der Waals surface area contributed by atoms with Crippen molar-refractivity contribution >= 4 is 32.3 Å². The molecule has 0 nitrogen and oxygen atoms in total. The quantitative estimate of drug-likeness (QED) is 0.169. The molecule has 0 heteroatoms. The van der Waals surface area contributed by atoms with E-state index in [1.165, 1.54) is 0 Å². The maximum absolute atomic E-state index is 9.35. The van der Waals surface area contributed by atoms with E-state index >= 15 is 0 Å². The summed E-state index contributed by atoms with van der Waals surface area (Å²) in [6.07, 6.45) is 0. The van der Waals surface area contributed by atoms with Crippen molar-refractivity contribution in [2.75, 3.05) is 0 Å². The predicted octanol–water partition coefficient (Wildman–Crippen LogP) is 13.5. The first kappa shape index (κ1) is 20.8. The van der Waals surface area contributed by atoms with Crippen LogP contribution in [0.5, 0.6) is 0 Å². The second kappa shape index (κ2) is 11.8. The van der Waals surface area contributed by atoms with E-state index in [4.69, 9.17) is 5.48 Å². The standard InChI is InChI=1S/C48H32/c1-2-13-33(14-3-1)37-17-10-18-38(31-37)39-19-11-20-40(32-39)48-45-24-8-6-22-43(45)47(44-23-7-9-25-46(44)48)36-29-27-35(28-30-36)42-26-12-16-34-15-4-5-21-41(34)42/h1-32H/i6D,7D,8D,9D,22D,23D,24D,25D. The van der Waals surface area contributed by atoms with Crippen LogP contribution in [-0.4, -0.2) is 0 Å². The minimum atomic E-state index is -0.423. The first-order valence-electron chi connectivity index (χ1n) is 19.9. The first-order chi connectivity index (χ1) is 27.1.